The number of hydrogen-bond acceptors (Lipinski definition) is 6. The van der Waals surface area contributed by atoms with E-state index >= 15 is 0 Å². The van der Waals surface area contributed by atoms with Crippen molar-refractivity contribution in [1.29, 1.82) is 5.26 Å². The van der Waals surface area contributed by atoms with Crippen molar-refractivity contribution in [1.82, 2.24) is 19.7 Å². The van der Waals surface area contributed by atoms with Gasteiger partial charge in [0.2, 0.25) is 5.69 Å². The van der Waals surface area contributed by atoms with Gasteiger partial charge in [0.05, 0.1) is 5.69 Å². The summed E-state index contributed by atoms with van der Waals surface area (Å²) in [5.41, 5.74) is 3.48. The summed E-state index contributed by atoms with van der Waals surface area (Å²) in [6.07, 6.45) is 0.523. The van der Waals surface area contributed by atoms with E-state index in [4.69, 9.17) is 5.26 Å². The molecule has 8 heteroatoms. The van der Waals surface area contributed by atoms with Gasteiger partial charge in [-0.25, -0.2) is 9.78 Å². The number of nitrogens with zero attached hydrogens (tertiary/aromatic N) is 4. The molecule has 0 fully saturated rings. The lowest BCUT2D eigenvalue weighted by molar-refractivity contribution is 0.474. The maximum Gasteiger partial charge on any atom is 0.349 e. The lowest BCUT2D eigenvalue weighted by atomic mass is 9.97. The van der Waals surface area contributed by atoms with Gasteiger partial charge in [0.25, 0.3) is 5.56 Å². The van der Waals surface area contributed by atoms with Crippen molar-refractivity contribution in [3.05, 3.63) is 104 Å². The SMILES string of the molecule is Cc1cc(-n2nc(C#N)c(=O)[nH]c2=O)cc(C)c1Cc1ccc(O)c(-c2ccccc2)n1. The van der Waals surface area contributed by atoms with Crippen molar-refractivity contribution in [3.8, 4) is 28.8 Å². The summed E-state index contributed by atoms with van der Waals surface area (Å²) in [4.78, 5) is 30.6. The summed E-state index contributed by atoms with van der Waals surface area (Å²) in [5.74, 6) is 0.112. The second-order valence-corrected chi connectivity index (χ2v) is 7.40. The first-order chi connectivity index (χ1) is 15.4. The first-order valence-electron chi connectivity index (χ1n) is 9.86. The number of aromatic hydroxyl groups is 1. The fraction of sp³-hybridized carbons (Fsp3) is 0.125. The van der Waals surface area contributed by atoms with E-state index in [1.165, 1.54) is 0 Å². The number of benzene rings is 2. The molecule has 0 radical (unpaired) electrons. The van der Waals surface area contributed by atoms with Gasteiger partial charge in [-0.15, -0.1) is 5.10 Å². The zero-order valence-corrected chi connectivity index (χ0v) is 17.5. The number of pyridine rings is 1. The number of hydrogen-bond donors (Lipinski definition) is 2. The number of aryl methyl sites for hydroxylation is 2. The zero-order valence-electron chi connectivity index (χ0n) is 17.5. The minimum Gasteiger partial charge on any atom is -0.506 e. The molecule has 0 bridgehead atoms. The molecule has 4 rings (SSSR count). The Morgan fingerprint density at radius 2 is 1.75 bits per heavy atom. The lowest BCUT2D eigenvalue weighted by Gasteiger charge is -2.14. The molecule has 0 saturated carbocycles. The third-order valence-corrected chi connectivity index (χ3v) is 5.20. The van der Waals surface area contributed by atoms with E-state index in [0.29, 0.717) is 17.8 Å². The molecular weight excluding hydrogens is 406 g/mol. The molecule has 2 aromatic heterocycles. The van der Waals surface area contributed by atoms with Crippen LogP contribution in [0.1, 0.15) is 28.1 Å². The van der Waals surface area contributed by atoms with E-state index in [9.17, 15) is 14.7 Å². The number of aromatic nitrogens is 4. The van der Waals surface area contributed by atoms with E-state index in [0.717, 1.165) is 32.6 Å². The molecule has 2 N–H and O–H groups in total. The quantitative estimate of drug-likeness (QED) is 0.518. The van der Waals surface area contributed by atoms with Gasteiger partial charge in [0.1, 0.15) is 17.5 Å². The van der Waals surface area contributed by atoms with Crippen LogP contribution in [0.5, 0.6) is 5.75 Å². The van der Waals surface area contributed by atoms with E-state index in [-0.39, 0.29) is 11.4 Å². The van der Waals surface area contributed by atoms with Gasteiger partial charge in [-0.3, -0.25) is 9.78 Å². The van der Waals surface area contributed by atoms with E-state index in [2.05, 4.69) is 15.1 Å². The smallest absolute Gasteiger partial charge is 0.349 e. The molecule has 0 aliphatic rings. The molecule has 2 heterocycles. The first-order valence-corrected chi connectivity index (χ1v) is 9.86. The van der Waals surface area contributed by atoms with Gasteiger partial charge in [-0.05, 0) is 54.8 Å². The van der Waals surface area contributed by atoms with Gasteiger partial charge in [-0.2, -0.15) is 9.94 Å². The topological polar surface area (TPSA) is 125 Å². The molecule has 32 heavy (non-hydrogen) atoms. The molecule has 0 unspecified atom stereocenters. The second-order valence-electron chi connectivity index (χ2n) is 7.40. The summed E-state index contributed by atoms with van der Waals surface area (Å²) in [7, 11) is 0. The van der Waals surface area contributed by atoms with Crippen LogP contribution in [0, 0.1) is 25.2 Å². The molecule has 0 atom stereocenters. The maximum atomic E-state index is 12.2. The van der Waals surface area contributed by atoms with Gasteiger partial charge in [0, 0.05) is 17.7 Å². The summed E-state index contributed by atoms with van der Waals surface area (Å²) in [5, 5.41) is 23.2. The van der Waals surface area contributed by atoms with Gasteiger partial charge < -0.3 is 5.11 Å². The zero-order chi connectivity index (χ0) is 22.8. The summed E-state index contributed by atoms with van der Waals surface area (Å²) in [6.45, 7) is 3.82. The average molecular weight is 425 g/mol. The number of nitriles is 1. The lowest BCUT2D eigenvalue weighted by Crippen LogP contribution is -2.33. The number of rotatable bonds is 4. The Labute approximate surface area is 183 Å². The third kappa shape index (κ3) is 3.91. The fourth-order valence-electron chi connectivity index (χ4n) is 3.60. The Balaban J connectivity index is 1.73. The largest absolute Gasteiger partial charge is 0.506 e. The highest BCUT2D eigenvalue weighted by atomic mass is 16.3. The molecule has 0 spiro atoms. The normalized spacial score (nSPS) is 10.7. The van der Waals surface area contributed by atoms with Crippen LogP contribution in [0.2, 0.25) is 0 Å². The van der Waals surface area contributed by atoms with Crippen LogP contribution in [0.4, 0.5) is 0 Å². The Morgan fingerprint density at radius 1 is 1.06 bits per heavy atom. The van der Waals surface area contributed by atoms with Crippen molar-refractivity contribution >= 4 is 0 Å². The highest BCUT2D eigenvalue weighted by molar-refractivity contribution is 5.66. The Kier molecular flexibility index (Phi) is 5.39. The van der Waals surface area contributed by atoms with Gasteiger partial charge in [-0.1, -0.05) is 30.3 Å². The number of nitrogens with one attached hydrogen (secondary N) is 1. The molecule has 4 aromatic rings. The predicted octanol–water partition coefficient (Wildman–Crippen LogP) is 2.77. The highest BCUT2D eigenvalue weighted by Crippen LogP contribution is 2.28. The monoisotopic (exact) mass is 425 g/mol. The summed E-state index contributed by atoms with van der Waals surface area (Å²) >= 11 is 0. The van der Waals surface area contributed by atoms with Crippen LogP contribution in [0.3, 0.4) is 0 Å². The average Bonchev–Trinajstić information content (AvgIpc) is 2.78. The third-order valence-electron chi connectivity index (χ3n) is 5.20. The predicted molar refractivity (Wildman–Crippen MR) is 119 cm³/mol. The van der Waals surface area contributed by atoms with Crippen LogP contribution in [-0.4, -0.2) is 24.9 Å². The molecule has 0 aliphatic heterocycles. The van der Waals surface area contributed by atoms with Crippen molar-refractivity contribution in [2.45, 2.75) is 20.3 Å². The van der Waals surface area contributed by atoms with Crippen LogP contribution < -0.4 is 11.2 Å². The number of aromatic amines is 1. The van der Waals surface area contributed by atoms with Gasteiger partial charge >= 0.3 is 5.69 Å². The van der Waals surface area contributed by atoms with E-state index in [1.807, 2.05) is 44.2 Å². The van der Waals surface area contributed by atoms with Crippen LogP contribution in [0.15, 0.2) is 64.2 Å². The minimum atomic E-state index is -0.813. The molecule has 158 valence electrons. The number of H-pyrrole nitrogens is 1. The van der Waals surface area contributed by atoms with E-state index in [1.54, 1.807) is 30.3 Å². The summed E-state index contributed by atoms with van der Waals surface area (Å²) < 4.78 is 1.01. The van der Waals surface area contributed by atoms with Gasteiger partial charge in [0.15, 0.2) is 0 Å². The van der Waals surface area contributed by atoms with Crippen LogP contribution in [-0.2, 0) is 6.42 Å². The molecule has 0 aliphatic carbocycles. The Bertz CT molecular complexity index is 1460. The Morgan fingerprint density at radius 3 is 2.41 bits per heavy atom. The van der Waals surface area contributed by atoms with Crippen molar-refractivity contribution in [2.24, 2.45) is 0 Å². The summed E-state index contributed by atoms with van der Waals surface area (Å²) in [6, 6.07) is 18.1. The second kappa shape index (κ2) is 8.32. The van der Waals surface area contributed by atoms with Crippen molar-refractivity contribution < 1.29 is 5.11 Å². The molecule has 0 amide bonds. The fourth-order valence-corrected chi connectivity index (χ4v) is 3.60. The molecule has 0 saturated heterocycles. The van der Waals surface area contributed by atoms with Crippen molar-refractivity contribution in [3.63, 3.8) is 0 Å². The highest BCUT2D eigenvalue weighted by Gasteiger charge is 2.14. The first kappa shape index (κ1) is 20.8. The van der Waals surface area contributed by atoms with Crippen LogP contribution in [0.25, 0.3) is 16.9 Å². The molecular formula is C24H19N5O3. The maximum absolute atomic E-state index is 12.2. The minimum absolute atomic E-state index is 0.112. The molecule has 8 nitrogen and oxygen atoms in total. The van der Waals surface area contributed by atoms with Crippen molar-refractivity contribution in [2.75, 3.05) is 0 Å². The standard InChI is InChI=1S/C24H19N5O3/c1-14-10-18(29-24(32)27-23(31)20(13-25)28-29)11-15(2)19(14)12-17-8-9-21(30)22(26-17)16-6-4-3-5-7-16/h3-11,30H,12H2,1-2H3,(H,27,31,32). The van der Waals surface area contributed by atoms with E-state index < -0.39 is 11.2 Å². The Hall–Kier alpha value is -4.51. The molecule has 2 aromatic carbocycles. The van der Waals surface area contributed by atoms with Crippen LogP contribution >= 0.6 is 0 Å².